The predicted molar refractivity (Wildman–Crippen MR) is 56.1 cm³/mol. The molecular weight excluding hydrogens is 192 g/mol. The lowest BCUT2D eigenvalue weighted by atomic mass is 10.2. The fraction of sp³-hybridized carbons (Fsp3) is 0.300. The average molecular weight is 204 g/mol. The first kappa shape index (κ1) is 9.64. The Morgan fingerprint density at radius 2 is 2.27 bits per heavy atom. The molecule has 0 radical (unpaired) electrons. The molecule has 0 aliphatic rings. The monoisotopic (exact) mass is 204 g/mol. The Hall–Kier alpha value is -1.91. The van der Waals surface area contributed by atoms with Gasteiger partial charge in [0.2, 0.25) is 5.56 Å². The van der Waals surface area contributed by atoms with Crippen LogP contribution in [0.2, 0.25) is 0 Å². The van der Waals surface area contributed by atoms with E-state index in [1.165, 1.54) is 6.07 Å². The molecule has 15 heavy (non-hydrogen) atoms. The van der Waals surface area contributed by atoms with Crippen LogP contribution in [0, 0.1) is 0 Å². The van der Waals surface area contributed by atoms with Gasteiger partial charge in [-0.3, -0.25) is 4.79 Å². The molecule has 0 aromatic carbocycles. The fourth-order valence-corrected chi connectivity index (χ4v) is 1.24. The zero-order chi connectivity index (χ0) is 10.8. The third kappa shape index (κ3) is 1.96. The van der Waals surface area contributed by atoms with E-state index in [-0.39, 0.29) is 11.5 Å². The number of hydrogen-bond donors (Lipinski definition) is 1. The van der Waals surface area contributed by atoms with Crippen molar-refractivity contribution in [3.05, 3.63) is 40.8 Å². The number of nitrogens with zero attached hydrogens (tertiary/aromatic N) is 3. The molecule has 0 aliphatic heterocycles. The van der Waals surface area contributed by atoms with Crippen LogP contribution in [0.5, 0.6) is 0 Å². The maximum Gasteiger partial charge on any atom is 0.250 e. The first-order valence-corrected chi connectivity index (χ1v) is 4.77. The summed E-state index contributed by atoms with van der Waals surface area (Å²) in [6.07, 6.45) is 3.21. The molecule has 0 atom stereocenters. The molecule has 0 unspecified atom stereocenters. The minimum atomic E-state index is -0.144. The Morgan fingerprint density at radius 3 is 2.87 bits per heavy atom. The first-order chi connectivity index (χ1) is 7.16. The van der Waals surface area contributed by atoms with Crippen molar-refractivity contribution < 1.29 is 0 Å². The van der Waals surface area contributed by atoms with E-state index < -0.39 is 0 Å². The molecule has 78 valence electrons. The van der Waals surface area contributed by atoms with Gasteiger partial charge in [0.05, 0.1) is 5.69 Å². The minimum absolute atomic E-state index is 0.144. The van der Waals surface area contributed by atoms with Gasteiger partial charge in [-0.15, -0.1) is 0 Å². The molecule has 0 saturated heterocycles. The molecule has 0 bridgehead atoms. The molecule has 0 saturated carbocycles. The van der Waals surface area contributed by atoms with Crippen LogP contribution in [0.1, 0.15) is 25.6 Å². The van der Waals surface area contributed by atoms with Crippen LogP contribution in [0.25, 0.3) is 5.69 Å². The number of nitrogens with one attached hydrogen (secondary N) is 1. The average Bonchev–Trinajstić information content (AvgIpc) is 2.66. The number of aromatic amines is 1. The second-order valence-electron chi connectivity index (χ2n) is 3.61. The molecule has 0 aliphatic carbocycles. The van der Waals surface area contributed by atoms with Crippen LogP contribution >= 0.6 is 0 Å². The Morgan fingerprint density at radius 1 is 1.47 bits per heavy atom. The van der Waals surface area contributed by atoms with E-state index in [0.29, 0.717) is 0 Å². The lowest BCUT2D eigenvalue weighted by Crippen LogP contribution is -2.06. The summed E-state index contributed by atoms with van der Waals surface area (Å²) in [4.78, 5) is 17.8. The van der Waals surface area contributed by atoms with Crippen LogP contribution in [0.15, 0.2) is 29.5 Å². The normalized spacial score (nSPS) is 10.9. The quantitative estimate of drug-likeness (QED) is 0.796. The van der Waals surface area contributed by atoms with Crippen molar-refractivity contribution in [2.45, 2.75) is 19.8 Å². The maximum atomic E-state index is 11.1. The van der Waals surface area contributed by atoms with Crippen molar-refractivity contribution in [1.29, 1.82) is 0 Å². The second kappa shape index (κ2) is 3.68. The van der Waals surface area contributed by atoms with Crippen molar-refractivity contribution in [3.8, 4) is 5.69 Å². The summed E-state index contributed by atoms with van der Waals surface area (Å²) in [6.45, 7) is 4.05. The van der Waals surface area contributed by atoms with Crippen LogP contribution in [0.3, 0.4) is 0 Å². The Kier molecular flexibility index (Phi) is 2.37. The molecule has 2 aromatic heterocycles. The lowest BCUT2D eigenvalue weighted by molar-refractivity contribution is 0.753. The SMILES string of the molecule is CC(C)c1ncn(-c2cc[nH]c(=O)c2)n1. The Labute approximate surface area is 86.8 Å². The summed E-state index contributed by atoms with van der Waals surface area (Å²) in [6, 6.07) is 3.26. The van der Waals surface area contributed by atoms with Crippen LogP contribution in [0.4, 0.5) is 0 Å². The van der Waals surface area contributed by atoms with Crippen molar-refractivity contribution in [3.63, 3.8) is 0 Å². The summed E-state index contributed by atoms with van der Waals surface area (Å²) in [5.74, 6) is 1.06. The van der Waals surface area contributed by atoms with E-state index in [2.05, 4.69) is 15.1 Å². The van der Waals surface area contributed by atoms with E-state index in [1.54, 1.807) is 23.3 Å². The zero-order valence-corrected chi connectivity index (χ0v) is 8.64. The third-order valence-electron chi connectivity index (χ3n) is 2.05. The third-order valence-corrected chi connectivity index (χ3v) is 2.05. The highest BCUT2D eigenvalue weighted by atomic mass is 16.1. The van der Waals surface area contributed by atoms with Gasteiger partial charge in [-0.2, -0.15) is 5.10 Å². The first-order valence-electron chi connectivity index (χ1n) is 4.77. The van der Waals surface area contributed by atoms with Gasteiger partial charge in [-0.1, -0.05) is 13.8 Å². The van der Waals surface area contributed by atoms with Gasteiger partial charge in [-0.25, -0.2) is 9.67 Å². The van der Waals surface area contributed by atoms with Crippen molar-refractivity contribution in [2.24, 2.45) is 0 Å². The fourth-order valence-electron chi connectivity index (χ4n) is 1.24. The highest BCUT2D eigenvalue weighted by Gasteiger charge is 2.06. The lowest BCUT2D eigenvalue weighted by Gasteiger charge is -1.98. The van der Waals surface area contributed by atoms with Crippen molar-refractivity contribution >= 4 is 0 Å². The highest BCUT2D eigenvalue weighted by Crippen LogP contribution is 2.09. The molecule has 5 nitrogen and oxygen atoms in total. The maximum absolute atomic E-state index is 11.1. The number of hydrogen-bond acceptors (Lipinski definition) is 3. The van der Waals surface area contributed by atoms with Gasteiger partial charge in [0.25, 0.3) is 0 Å². The molecule has 5 heteroatoms. The smallest absolute Gasteiger partial charge is 0.250 e. The van der Waals surface area contributed by atoms with Gasteiger partial charge >= 0.3 is 0 Å². The van der Waals surface area contributed by atoms with Crippen molar-refractivity contribution in [1.82, 2.24) is 19.7 Å². The Balaban J connectivity index is 2.41. The van der Waals surface area contributed by atoms with Gasteiger partial charge in [0, 0.05) is 18.2 Å². The van der Waals surface area contributed by atoms with Gasteiger partial charge in [-0.05, 0) is 6.07 Å². The summed E-state index contributed by atoms with van der Waals surface area (Å²) in [5, 5.41) is 4.27. The topological polar surface area (TPSA) is 63.6 Å². The van der Waals surface area contributed by atoms with Crippen molar-refractivity contribution in [2.75, 3.05) is 0 Å². The largest absolute Gasteiger partial charge is 0.329 e. The number of rotatable bonds is 2. The summed E-state index contributed by atoms with van der Waals surface area (Å²) in [5.41, 5.74) is 0.576. The van der Waals surface area contributed by atoms with Crippen LogP contribution in [-0.2, 0) is 0 Å². The molecule has 2 rings (SSSR count). The number of H-pyrrole nitrogens is 1. The van der Waals surface area contributed by atoms with E-state index in [9.17, 15) is 4.79 Å². The summed E-state index contributed by atoms with van der Waals surface area (Å²) < 4.78 is 1.60. The number of aromatic nitrogens is 4. The van der Waals surface area contributed by atoms with Crippen LogP contribution < -0.4 is 5.56 Å². The summed E-state index contributed by atoms with van der Waals surface area (Å²) >= 11 is 0. The van der Waals surface area contributed by atoms with E-state index >= 15 is 0 Å². The second-order valence-corrected chi connectivity index (χ2v) is 3.61. The predicted octanol–water partition coefficient (Wildman–Crippen LogP) is 1.08. The summed E-state index contributed by atoms with van der Waals surface area (Å²) in [7, 11) is 0. The molecule has 2 aromatic rings. The van der Waals surface area contributed by atoms with Gasteiger partial charge in [0.1, 0.15) is 6.33 Å². The highest BCUT2D eigenvalue weighted by molar-refractivity contribution is 5.26. The standard InChI is InChI=1S/C10H12N4O/c1-7(2)10-12-6-14(13-10)8-3-4-11-9(15)5-8/h3-7H,1-2H3,(H,11,15). The van der Waals surface area contributed by atoms with Gasteiger partial charge < -0.3 is 4.98 Å². The molecule has 2 heterocycles. The van der Waals surface area contributed by atoms with Crippen LogP contribution in [-0.4, -0.2) is 19.7 Å². The molecule has 1 N–H and O–H groups in total. The Bertz CT molecular complexity index is 512. The van der Waals surface area contributed by atoms with Gasteiger partial charge in [0.15, 0.2) is 5.82 Å². The molecule has 0 fully saturated rings. The van der Waals surface area contributed by atoms with E-state index in [4.69, 9.17) is 0 Å². The number of pyridine rings is 1. The minimum Gasteiger partial charge on any atom is -0.329 e. The van der Waals surface area contributed by atoms with E-state index in [0.717, 1.165) is 11.5 Å². The van der Waals surface area contributed by atoms with E-state index in [1.807, 2.05) is 13.8 Å². The zero-order valence-electron chi connectivity index (χ0n) is 8.64. The molecular formula is C10H12N4O. The molecule has 0 spiro atoms. The molecule has 0 amide bonds.